The minimum Gasteiger partial charge on any atom is -0.368 e. The molecule has 0 heterocycles. The maximum atomic E-state index is 12.2. The quantitative estimate of drug-likeness (QED) is 0.753. The summed E-state index contributed by atoms with van der Waals surface area (Å²) in [4.78, 5) is 35.9. The van der Waals surface area contributed by atoms with E-state index < -0.39 is 11.9 Å². The Hall–Kier alpha value is -2.37. The number of nitrogens with one attached hydrogen (secondary N) is 1. The van der Waals surface area contributed by atoms with Crippen molar-refractivity contribution in [3.63, 3.8) is 0 Å². The summed E-state index contributed by atoms with van der Waals surface area (Å²) in [5.41, 5.74) is 6.18. The van der Waals surface area contributed by atoms with Crippen molar-refractivity contribution in [3.05, 3.63) is 29.8 Å². The number of Topliss-reactive ketones (excluding diaryl/α,β-unsaturated/α-hetero) is 1. The summed E-state index contributed by atoms with van der Waals surface area (Å²) in [6, 6.07) is 6.25. The summed E-state index contributed by atoms with van der Waals surface area (Å²) in [5.74, 6) is -0.634. The number of hydrogen-bond donors (Lipinski definition) is 2. The lowest BCUT2D eigenvalue weighted by atomic mass is 10.1. The van der Waals surface area contributed by atoms with E-state index in [1.54, 1.807) is 24.3 Å². The first-order chi connectivity index (χ1) is 9.93. The zero-order valence-electron chi connectivity index (χ0n) is 12.4. The average molecular weight is 291 g/mol. The van der Waals surface area contributed by atoms with E-state index >= 15 is 0 Å². The van der Waals surface area contributed by atoms with Crippen LogP contribution >= 0.6 is 0 Å². The second-order valence-corrected chi connectivity index (χ2v) is 4.81. The Labute approximate surface area is 124 Å². The van der Waals surface area contributed by atoms with Crippen molar-refractivity contribution in [2.24, 2.45) is 5.73 Å². The highest BCUT2D eigenvalue weighted by atomic mass is 16.2. The predicted molar refractivity (Wildman–Crippen MR) is 81.1 cm³/mol. The van der Waals surface area contributed by atoms with Crippen LogP contribution in [-0.4, -0.2) is 35.7 Å². The number of rotatable bonds is 7. The van der Waals surface area contributed by atoms with E-state index in [-0.39, 0.29) is 12.3 Å². The van der Waals surface area contributed by atoms with Crippen molar-refractivity contribution in [3.8, 4) is 0 Å². The van der Waals surface area contributed by atoms with Gasteiger partial charge in [0.2, 0.25) is 5.91 Å². The normalized spacial score (nSPS) is 10.0. The third kappa shape index (κ3) is 5.64. The van der Waals surface area contributed by atoms with Gasteiger partial charge >= 0.3 is 6.03 Å². The van der Waals surface area contributed by atoms with E-state index in [0.29, 0.717) is 17.8 Å². The van der Waals surface area contributed by atoms with E-state index in [1.165, 1.54) is 11.8 Å². The minimum absolute atomic E-state index is 0.0777. The fourth-order valence-electron chi connectivity index (χ4n) is 1.81. The molecule has 0 aliphatic heterocycles. The highest BCUT2D eigenvalue weighted by Crippen LogP contribution is 2.12. The number of urea groups is 1. The third-order valence-corrected chi connectivity index (χ3v) is 2.94. The summed E-state index contributed by atoms with van der Waals surface area (Å²) < 4.78 is 0. The van der Waals surface area contributed by atoms with Crippen LogP contribution in [-0.2, 0) is 4.79 Å². The van der Waals surface area contributed by atoms with Crippen LogP contribution < -0.4 is 11.1 Å². The maximum Gasteiger partial charge on any atom is 0.322 e. The SMILES string of the molecule is CCCCN(CC(N)=O)C(=O)Nc1cccc(C(C)=O)c1. The third-order valence-electron chi connectivity index (χ3n) is 2.94. The van der Waals surface area contributed by atoms with Crippen LogP contribution in [0, 0.1) is 0 Å². The largest absolute Gasteiger partial charge is 0.368 e. The highest BCUT2D eigenvalue weighted by molar-refractivity contribution is 5.97. The van der Waals surface area contributed by atoms with Gasteiger partial charge in [0, 0.05) is 17.8 Å². The van der Waals surface area contributed by atoms with Gasteiger partial charge in [-0.05, 0) is 25.5 Å². The molecule has 0 spiro atoms. The van der Waals surface area contributed by atoms with E-state index in [0.717, 1.165) is 12.8 Å². The first-order valence-electron chi connectivity index (χ1n) is 6.89. The Bertz CT molecular complexity index is 529. The van der Waals surface area contributed by atoms with Crippen molar-refractivity contribution >= 4 is 23.4 Å². The van der Waals surface area contributed by atoms with Gasteiger partial charge in [-0.25, -0.2) is 4.79 Å². The molecule has 3 amide bonds. The summed E-state index contributed by atoms with van der Waals surface area (Å²) in [7, 11) is 0. The summed E-state index contributed by atoms with van der Waals surface area (Å²) in [6.07, 6.45) is 1.69. The number of anilines is 1. The number of carbonyl (C=O) groups excluding carboxylic acids is 3. The summed E-state index contributed by atoms with van der Waals surface area (Å²) >= 11 is 0. The molecule has 0 bridgehead atoms. The molecular formula is C15H21N3O3. The summed E-state index contributed by atoms with van der Waals surface area (Å²) in [5, 5.41) is 2.68. The molecule has 0 unspecified atom stereocenters. The number of primary amides is 1. The Balaban J connectivity index is 2.77. The van der Waals surface area contributed by atoms with E-state index in [4.69, 9.17) is 5.73 Å². The molecule has 6 heteroatoms. The number of amides is 3. The lowest BCUT2D eigenvalue weighted by molar-refractivity contribution is -0.118. The van der Waals surface area contributed by atoms with Gasteiger partial charge in [0.05, 0.1) is 0 Å². The molecule has 0 radical (unpaired) electrons. The Kier molecular flexibility index (Phi) is 6.39. The Morgan fingerprint density at radius 3 is 2.57 bits per heavy atom. The van der Waals surface area contributed by atoms with Gasteiger partial charge in [0.1, 0.15) is 6.54 Å². The molecule has 0 saturated heterocycles. The van der Waals surface area contributed by atoms with Gasteiger partial charge in [-0.2, -0.15) is 0 Å². The van der Waals surface area contributed by atoms with E-state index in [9.17, 15) is 14.4 Å². The van der Waals surface area contributed by atoms with Gasteiger partial charge < -0.3 is 16.0 Å². The van der Waals surface area contributed by atoms with Crippen molar-refractivity contribution in [1.82, 2.24) is 4.90 Å². The number of benzene rings is 1. The number of unbranched alkanes of at least 4 members (excludes halogenated alkanes) is 1. The van der Waals surface area contributed by atoms with Crippen LogP contribution in [0.25, 0.3) is 0 Å². The van der Waals surface area contributed by atoms with Crippen LogP contribution in [0.3, 0.4) is 0 Å². The van der Waals surface area contributed by atoms with Crippen LogP contribution in [0.2, 0.25) is 0 Å². The van der Waals surface area contributed by atoms with Gasteiger partial charge in [-0.15, -0.1) is 0 Å². The van der Waals surface area contributed by atoms with Crippen molar-refractivity contribution in [2.45, 2.75) is 26.7 Å². The molecule has 0 fully saturated rings. The first-order valence-corrected chi connectivity index (χ1v) is 6.89. The molecule has 3 N–H and O–H groups in total. The molecule has 6 nitrogen and oxygen atoms in total. The lowest BCUT2D eigenvalue weighted by Gasteiger charge is -2.21. The number of nitrogens with zero attached hydrogens (tertiary/aromatic N) is 1. The van der Waals surface area contributed by atoms with Gasteiger partial charge in [-0.3, -0.25) is 9.59 Å². The molecule has 0 saturated carbocycles. The smallest absolute Gasteiger partial charge is 0.322 e. The molecule has 1 rings (SSSR count). The molecule has 1 aromatic carbocycles. The zero-order valence-corrected chi connectivity index (χ0v) is 12.4. The van der Waals surface area contributed by atoms with E-state index in [1.807, 2.05) is 6.92 Å². The molecule has 114 valence electrons. The topological polar surface area (TPSA) is 92.5 Å². The number of ketones is 1. The number of nitrogens with two attached hydrogens (primary N) is 1. The van der Waals surface area contributed by atoms with Crippen LogP contribution in [0.15, 0.2) is 24.3 Å². The second-order valence-electron chi connectivity index (χ2n) is 4.81. The van der Waals surface area contributed by atoms with Gasteiger partial charge in [-0.1, -0.05) is 25.5 Å². The molecule has 1 aromatic rings. The van der Waals surface area contributed by atoms with Crippen LogP contribution in [0.5, 0.6) is 0 Å². The van der Waals surface area contributed by atoms with Crippen molar-refractivity contribution in [1.29, 1.82) is 0 Å². The number of hydrogen-bond acceptors (Lipinski definition) is 3. The standard InChI is InChI=1S/C15H21N3O3/c1-3-4-8-18(10-14(16)20)15(21)17-13-7-5-6-12(9-13)11(2)19/h5-7,9H,3-4,8,10H2,1-2H3,(H2,16,20)(H,17,21). The molecule has 0 aliphatic rings. The van der Waals surface area contributed by atoms with Crippen LogP contribution in [0.4, 0.5) is 10.5 Å². The minimum atomic E-state index is -0.557. The first kappa shape index (κ1) is 16.7. The second kappa shape index (κ2) is 8.04. The monoisotopic (exact) mass is 291 g/mol. The Morgan fingerprint density at radius 1 is 1.29 bits per heavy atom. The fraction of sp³-hybridized carbons (Fsp3) is 0.400. The Morgan fingerprint density at radius 2 is 2.00 bits per heavy atom. The van der Waals surface area contributed by atoms with Crippen LogP contribution in [0.1, 0.15) is 37.0 Å². The zero-order chi connectivity index (χ0) is 15.8. The van der Waals surface area contributed by atoms with Gasteiger partial charge in [0.15, 0.2) is 5.78 Å². The highest BCUT2D eigenvalue weighted by Gasteiger charge is 2.15. The molecular weight excluding hydrogens is 270 g/mol. The predicted octanol–water partition coefficient (Wildman–Crippen LogP) is 2.01. The molecule has 0 aromatic heterocycles. The maximum absolute atomic E-state index is 12.2. The summed E-state index contributed by atoms with van der Waals surface area (Å²) in [6.45, 7) is 3.79. The molecule has 21 heavy (non-hydrogen) atoms. The average Bonchev–Trinajstić information content (AvgIpc) is 2.43. The van der Waals surface area contributed by atoms with Crippen molar-refractivity contribution < 1.29 is 14.4 Å². The fourth-order valence-corrected chi connectivity index (χ4v) is 1.81. The van der Waals surface area contributed by atoms with Crippen molar-refractivity contribution in [2.75, 3.05) is 18.4 Å². The van der Waals surface area contributed by atoms with E-state index in [2.05, 4.69) is 5.32 Å². The molecule has 0 aliphatic carbocycles. The van der Waals surface area contributed by atoms with Gasteiger partial charge in [0.25, 0.3) is 0 Å². The number of carbonyl (C=O) groups is 3. The molecule has 0 atom stereocenters. The lowest BCUT2D eigenvalue weighted by Crippen LogP contribution is -2.41.